The molecule has 0 aliphatic heterocycles. The van der Waals surface area contributed by atoms with Crippen molar-refractivity contribution >= 4 is 31.9 Å². The first kappa shape index (κ1) is 16.1. The van der Waals surface area contributed by atoms with Gasteiger partial charge in [-0.25, -0.2) is 12.8 Å². The lowest BCUT2D eigenvalue weighted by Gasteiger charge is -2.19. The molecule has 0 saturated heterocycles. The van der Waals surface area contributed by atoms with Crippen LogP contribution in [-0.2, 0) is 14.8 Å². The van der Waals surface area contributed by atoms with E-state index >= 15 is 0 Å². The van der Waals surface area contributed by atoms with Gasteiger partial charge in [-0.1, -0.05) is 0 Å². The molecule has 0 heterocycles. The summed E-state index contributed by atoms with van der Waals surface area (Å²) in [5.41, 5.74) is 0. The Morgan fingerprint density at radius 2 is 1.89 bits per heavy atom. The van der Waals surface area contributed by atoms with Crippen molar-refractivity contribution in [1.29, 1.82) is 0 Å². The number of nitrogens with zero attached hydrogens (tertiary/aromatic N) is 2. The normalized spacial score (nSPS) is 11.7. The highest BCUT2D eigenvalue weighted by Gasteiger charge is 2.24. The fraction of sp³-hybridized carbons (Fsp3) is 0.364. The van der Waals surface area contributed by atoms with Gasteiger partial charge < -0.3 is 4.90 Å². The number of halogens is 2. The zero-order valence-corrected chi connectivity index (χ0v) is 13.1. The summed E-state index contributed by atoms with van der Waals surface area (Å²) in [4.78, 5) is 12.6. The van der Waals surface area contributed by atoms with E-state index in [1.165, 1.54) is 38.2 Å². The molecule has 0 spiro atoms. The zero-order chi connectivity index (χ0) is 14.8. The first-order valence-electron chi connectivity index (χ1n) is 5.28. The van der Waals surface area contributed by atoms with Crippen molar-refractivity contribution in [2.45, 2.75) is 4.90 Å². The molecular formula is C11H14BrFN2O3S. The number of benzene rings is 1. The minimum absolute atomic E-state index is 0.179. The van der Waals surface area contributed by atoms with Crippen LogP contribution in [0.5, 0.6) is 0 Å². The Morgan fingerprint density at radius 3 is 2.37 bits per heavy atom. The van der Waals surface area contributed by atoms with Gasteiger partial charge in [-0.2, -0.15) is 4.31 Å². The van der Waals surface area contributed by atoms with Gasteiger partial charge in [0.05, 0.1) is 15.9 Å². The van der Waals surface area contributed by atoms with E-state index in [1.807, 2.05) is 0 Å². The van der Waals surface area contributed by atoms with Crippen molar-refractivity contribution in [3.8, 4) is 0 Å². The van der Waals surface area contributed by atoms with Crippen LogP contribution in [0.4, 0.5) is 4.39 Å². The average Bonchev–Trinajstić information content (AvgIpc) is 2.32. The number of amides is 1. The van der Waals surface area contributed by atoms with E-state index in [0.29, 0.717) is 0 Å². The van der Waals surface area contributed by atoms with Crippen LogP contribution >= 0.6 is 15.9 Å². The Labute approximate surface area is 120 Å². The van der Waals surface area contributed by atoms with Gasteiger partial charge in [-0.05, 0) is 34.1 Å². The van der Waals surface area contributed by atoms with Crippen LogP contribution in [0.15, 0.2) is 27.6 Å². The van der Waals surface area contributed by atoms with E-state index in [-0.39, 0.29) is 21.8 Å². The monoisotopic (exact) mass is 352 g/mol. The lowest BCUT2D eigenvalue weighted by atomic mass is 10.3. The summed E-state index contributed by atoms with van der Waals surface area (Å²) < 4.78 is 38.7. The molecule has 8 heteroatoms. The third kappa shape index (κ3) is 3.74. The van der Waals surface area contributed by atoms with Crippen molar-refractivity contribution in [2.24, 2.45) is 0 Å². The first-order chi connectivity index (χ1) is 8.66. The summed E-state index contributed by atoms with van der Waals surface area (Å²) in [6.45, 7) is -0.299. The SMILES string of the molecule is CN(C)C(=O)CN(C)S(=O)(=O)c1ccc(Br)c(F)c1. The second kappa shape index (κ2) is 5.98. The second-order valence-electron chi connectivity index (χ2n) is 4.13. The predicted molar refractivity (Wildman–Crippen MR) is 72.6 cm³/mol. The molecule has 1 rings (SSSR count). The summed E-state index contributed by atoms with van der Waals surface area (Å²) in [6.07, 6.45) is 0. The van der Waals surface area contributed by atoms with Crippen molar-refractivity contribution in [2.75, 3.05) is 27.7 Å². The number of carbonyl (C=O) groups is 1. The summed E-state index contributed by atoms with van der Waals surface area (Å²) in [5.74, 6) is -1.03. The van der Waals surface area contributed by atoms with Crippen LogP contribution < -0.4 is 0 Å². The molecule has 1 aromatic rings. The molecule has 1 amide bonds. The molecule has 0 bridgehead atoms. The molecule has 19 heavy (non-hydrogen) atoms. The summed E-state index contributed by atoms with van der Waals surface area (Å²) in [7, 11) is 0.452. The first-order valence-corrected chi connectivity index (χ1v) is 7.51. The van der Waals surface area contributed by atoms with Gasteiger partial charge in [0.1, 0.15) is 5.82 Å². The molecule has 0 aliphatic carbocycles. The molecule has 0 aromatic heterocycles. The van der Waals surface area contributed by atoms with E-state index in [9.17, 15) is 17.6 Å². The van der Waals surface area contributed by atoms with Crippen molar-refractivity contribution in [1.82, 2.24) is 9.21 Å². The fourth-order valence-electron chi connectivity index (χ4n) is 1.23. The maximum atomic E-state index is 13.4. The standard InChI is InChI=1S/C11H14BrFN2O3S/c1-14(2)11(16)7-15(3)19(17,18)8-4-5-9(12)10(13)6-8/h4-6H,7H2,1-3H3. The minimum Gasteiger partial charge on any atom is -0.348 e. The van der Waals surface area contributed by atoms with E-state index in [2.05, 4.69) is 15.9 Å². The molecule has 0 unspecified atom stereocenters. The summed E-state index contributed by atoms with van der Waals surface area (Å²) in [5, 5.41) is 0. The van der Waals surface area contributed by atoms with E-state index in [1.54, 1.807) is 0 Å². The van der Waals surface area contributed by atoms with Gasteiger partial charge in [-0.15, -0.1) is 0 Å². The van der Waals surface area contributed by atoms with Crippen LogP contribution in [0.25, 0.3) is 0 Å². The van der Waals surface area contributed by atoms with Crippen molar-refractivity contribution in [3.63, 3.8) is 0 Å². The Kier molecular flexibility index (Phi) is 5.05. The smallest absolute Gasteiger partial charge is 0.243 e. The van der Waals surface area contributed by atoms with Crippen LogP contribution in [0, 0.1) is 5.82 Å². The molecular weight excluding hydrogens is 339 g/mol. The number of sulfonamides is 1. The highest BCUT2D eigenvalue weighted by Crippen LogP contribution is 2.21. The van der Waals surface area contributed by atoms with Gasteiger partial charge in [-0.3, -0.25) is 4.79 Å². The maximum absolute atomic E-state index is 13.4. The van der Waals surface area contributed by atoms with E-state index in [0.717, 1.165) is 10.4 Å². The molecule has 0 saturated carbocycles. The van der Waals surface area contributed by atoms with Crippen molar-refractivity contribution in [3.05, 3.63) is 28.5 Å². The van der Waals surface area contributed by atoms with Gasteiger partial charge in [0.2, 0.25) is 15.9 Å². The zero-order valence-electron chi connectivity index (χ0n) is 10.7. The lowest BCUT2D eigenvalue weighted by Crippen LogP contribution is -2.37. The molecule has 0 radical (unpaired) electrons. The molecule has 0 N–H and O–H groups in total. The molecule has 106 valence electrons. The average molecular weight is 353 g/mol. The number of hydrogen-bond donors (Lipinski definition) is 0. The summed E-state index contributed by atoms with van der Waals surface area (Å²) in [6, 6.07) is 3.50. The Morgan fingerprint density at radius 1 is 1.32 bits per heavy atom. The van der Waals surface area contributed by atoms with Gasteiger partial charge >= 0.3 is 0 Å². The minimum atomic E-state index is -3.88. The van der Waals surface area contributed by atoms with E-state index < -0.39 is 15.8 Å². The third-order valence-electron chi connectivity index (χ3n) is 2.46. The maximum Gasteiger partial charge on any atom is 0.243 e. The quantitative estimate of drug-likeness (QED) is 0.820. The van der Waals surface area contributed by atoms with E-state index in [4.69, 9.17) is 0 Å². The highest BCUT2D eigenvalue weighted by atomic mass is 79.9. The van der Waals surface area contributed by atoms with Gasteiger partial charge in [0.25, 0.3) is 0 Å². The Balaban J connectivity index is 3.03. The topological polar surface area (TPSA) is 57.7 Å². The molecule has 0 atom stereocenters. The molecule has 0 fully saturated rings. The third-order valence-corrected chi connectivity index (χ3v) is 4.90. The van der Waals surface area contributed by atoms with Crippen LogP contribution in [0.2, 0.25) is 0 Å². The van der Waals surface area contributed by atoms with Gasteiger partial charge in [0.15, 0.2) is 0 Å². The Hall–Kier alpha value is -0.990. The lowest BCUT2D eigenvalue weighted by molar-refractivity contribution is -0.128. The Bertz CT molecular complexity index is 590. The predicted octanol–water partition coefficient (Wildman–Crippen LogP) is 1.30. The van der Waals surface area contributed by atoms with Crippen molar-refractivity contribution < 1.29 is 17.6 Å². The number of hydrogen-bond acceptors (Lipinski definition) is 3. The highest BCUT2D eigenvalue weighted by molar-refractivity contribution is 9.10. The number of likely N-dealkylation sites (N-methyl/N-ethyl adjacent to an activating group) is 2. The molecule has 0 aliphatic rings. The molecule has 5 nitrogen and oxygen atoms in total. The second-order valence-corrected chi connectivity index (χ2v) is 7.02. The fourth-order valence-corrected chi connectivity index (χ4v) is 2.61. The largest absolute Gasteiger partial charge is 0.348 e. The van der Waals surface area contributed by atoms with Crippen LogP contribution in [-0.4, -0.2) is 51.2 Å². The van der Waals surface area contributed by atoms with Gasteiger partial charge in [0, 0.05) is 21.1 Å². The number of carbonyl (C=O) groups excluding carboxylic acids is 1. The summed E-state index contributed by atoms with van der Waals surface area (Å²) >= 11 is 2.95. The van der Waals surface area contributed by atoms with Crippen LogP contribution in [0.3, 0.4) is 0 Å². The molecule has 1 aromatic carbocycles. The number of rotatable bonds is 4. The van der Waals surface area contributed by atoms with Crippen LogP contribution in [0.1, 0.15) is 0 Å².